The van der Waals surface area contributed by atoms with Crippen molar-refractivity contribution in [3.63, 3.8) is 0 Å². The predicted octanol–water partition coefficient (Wildman–Crippen LogP) is 1.80. The van der Waals surface area contributed by atoms with Crippen LogP contribution in [0.25, 0.3) is 0 Å². The fourth-order valence-electron chi connectivity index (χ4n) is 1.30. The van der Waals surface area contributed by atoms with Gasteiger partial charge in [0.2, 0.25) is 5.91 Å². The van der Waals surface area contributed by atoms with Gasteiger partial charge in [0.25, 0.3) is 0 Å². The summed E-state index contributed by atoms with van der Waals surface area (Å²) in [6.45, 7) is 1.58. The van der Waals surface area contributed by atoms with Crippen molar-refractivity contribution in [2.75, 3.05) is 7.11 Å². The van der Waals surface area contributed by atoms with Gasteiger partial charge in [-0.2, -0.15) is 0 Å². The lowest BCUT2D eigenvalue weighted by molar-refractivity contribution is -0.144. The highest BCUT2D eigenvalue weighted by atomic mass is 79.9. The summed E-state index contributed by atoms with van der Waals surface area (Å²) in [4.78, 5) is 22.5. The zero-order valence-corrected chi connectivity index (χ0v) is 11.2. The molecule has 0 fully saturated rings. The maximum Gasteiger partial charge on any atom is 0.328 e. The second-order valence-electron chi connectivity index (χ2n) is 3.53. The molecule has 1 aromatic carbocycles. The topological polar surface area (TPSA) is 55.4 Å². The Morgan fingerprint density at radius 1 is 1.29 bits per heavy atom. The molecule has 0 bridgehead atoms. The van der Waals surface area contributed by atoms with E-state index in [9.17, 15) is 9.59 Å². The van der Waals surface area contributed by atoms with E-state index in [1.807, 2.05) is 30.3 Å². The third-order valence-corrected chi connectivity index (χ3v) is 3.18. The average Bonchev–Trinajstić information content (AvgIpc) is 2.37. The number of benzene rings is 1. The summed E-state index contributed by atoms with van der Waals surface area (Å²) >= 11 is 3.29. The van der Waals surface area contributed by atoms with E-state index >= 15 is 0 Å². The molecule has 0 aromatic heterocycles. The zero-order valence-electron chi connectivity index (χ0n) is 9.64. The van der Waals surface area contributed by atoms with Crippen molar-refractivity contribution in [3.05, 3.63) is 35.9 Å². The Balaban J connectivity index is 2.62. The number of rotatable bonds is 4. The first-order valence-electron chi connectivity index (χ1n) is 5.13. The Morgan fingerprint density at radius 3 is 2.41 bits per heavy atom. The minimum Gasteiger partial charge on any atom is -0.467 e. The van der Waals surface area contributed by atoms with Gasteiger partial charge < -0.3 is 10.1 Å². The smallest absolute Gasteiger partial charge is 0.328 e. The van der Waals surface area contributed by atoms with E-state index < -0.39 is 16.8 Å². The van der Waals surface area contributed by atoms with Crippen LogP contribution in [0, 0.1) is 0 Å². The van der Waals surface area contributed by atoms with Crippen molar-refractivity contribution in [2.24, 2.45) is 0 Å². The van der Waals surface area contributed by atoms with Crippen LogP contribution in [-0.4, -0.2) is 25.0 Å². The van der Waals surface area contributed by atoms with Crippen molar-refractivity contribution in [3.8, 4) is 0 Å². The number of hydrogen-bond acceptors (Lipinski definition) is 3. The van der Waals surface area contributed by atoms with Crippen molar-refractivity contribution >= 4 is 27.8 Å². The second kappa shape index (κ2) is 6.39. The second-order valence-corrected chi connectivity index (χ2v) is 4.44. The Hall–Kier alpha value is -1.36. The number of esters is 1. The minimum atomic E-state index is -0.656. The lowest BCUT2D eigenvalue weighted by Gasteiger charge is -2.15. The number of alkyl halides is 1. The van der Waals surface area contributed by atoms with Crippen LogP contribution in [0.15, 0.2) is 30.3 Å². The fourth-order valence-corrected chi connectivity index (χ4v) is 1.73. The maximum absolute atomic E-state index is 11.8. The number of nitrogens with one attached hydrogen (secondary N) is 1. The van der Waals surface area contributed by atoms with Crippen LogP contribution in [-0.2, 0) is 14.3 Å². The summed E-state index contributed by atoms with van der Waals surface area (Å²) in [7, 11) is 1.29. The van der Waals surface area contributed by atoms with Crippen molar-refractivity contribution in [1.82, 2.24) is 5.32 Å². The van der Waals surface area contributed by atoms with Crippen molar-refractivity contribution in [2.45, 2.75) is 17.8 Å². The highest BCUT2D eigenvalue weighted by molar-refractivity contribution is 9.09. The van der Waals surface area contributed by atoms with E-state index in [4.69, 9.17) is 0 Å². The van der Waals surface area contributed by atoms with E-state index in [-0.39, 0.29) is 5.91 Å². The number of amides is 1. The molecule has 4 nitrogen and oxygen atoms in total. The normalized spacial score (nSPS) is 13.6. The molecule has 0 aliphatic rings. The van der Waals surface area contributed by atoms with Crippen LogP contribution in [0.1, 0.15) is 17.3 Å². The van der Waals surface area contributed by atoms with Gasteiger partial charge in [0.05, 0.1) is 7.11 Å². The first kappa shape index (κ1) is 13.7. The third kappa shape index (κ3) is 3.85. The zero-order chi connectivity index (χ0) is 12.8. The highest BCUT2D eigenvalue weighted by Gasteiger charge is 2.21. The molecule has 17 heavy (non-hydrogen) atoms. The highest BCUT2D eigenvalue weighted by Crippen LogP contribution is 2.22. The lowest BCUT2D eigenvalue weighted by atomic mass is 10.1. The predicted molar refractivity (Wildman–Crippen MR) is 67.7 cm³/mol. The van der Waals surface area contributed by atoms with Crippen LogP contribution in [0.4, 0.5) is 0 Å². The average molecular weight is 300 g/mol. The number of methoxy groups -OCH3 is 1. The molecular weight excluding hydrogens is 286 g/mol. The minimum absolute atomic E-state index is 0.269. The molecule has 92 valence electrons. The van der Waals surface area contributed by atoms with Gasteiger partial charge in [-0.3, -0.25) is 4.79 Å². The first-order chi connectivity index (χ1) is 8.06. The standard InChI is InChI=1S/C12H14BrNO3/c1-8(12(16)17-2)14-11(15)10(13)9-6-4-3-5-7-9/h3-8,10H,1-2H3,(H,14,15)/t8-,10?/m0/s1. The number of halogens is 1. The van der Waals surface area contributed by atoms with E-state index in [1.54, 1.807) is 6.92 Å². The summed E-state index contributed by atoms with van der Waals surface area (Å²) in [5, 5.41) is 2.57. The summed E-state index contributed by atoms with van der Waals surface area (Å²) in [5.41, 5.74) is 0.835. The van der Waals surface area contributed by atoms with Gasteiger partial charge in [-0.1, -0.05) is 46.3 Å². The molecule has 0 radical (unpaired) electrons. The third-order valence-electron chi connectivity index (χ3n) is 2.24. The van der Waals surface area contributed by atoms with Crippen molar-refractivity contribution in [1.29, 1.82) is 0 Å². The molecule has 0 aliphatic carbocycles. The lowest BCUT2D eigenvalue weighted by Crippen LogP contribution is -2.40. The van der Waals surface area contributed by atoms with Gasteiger partial charge in [-0.25, -0.2) is 4.79 Å². The van der Waals surface area contributed by atoms with Gasteiger partial charge in [0.1, 0.15) is 10.9 Å². The van der Waals surface area contributed by atoms with Gasteiger partial charge in [0.15, 0.2) is 0 Å². The molecule has 0 saturated heterocycles. The molecule has 1 aromatic rings. The molecule has 0 aliphatic heterocycles. The molecule has 0 spiro atoms. The quantitative estimate of drug-likeness (QED) is 0.681. The van der Waals surface area contributed by atoms with Gasteiger partial charge in [-0.05, 0) is 12.5 Å². The van der Waals surface area contributed by atoms with Crippen LogP contribution in [0.2, 0.25) is 0 Å². The maximum atomic E-state index is 11.8. The fraction of sp³-hybridized carbons (Fsp3) is 0.333. The van der Waals surface area contributed by atoms with E-state index in [2.05, 4.69) is 26.0 Å². The van der Waals surface area contributed by atoms with E-state index in [0.29, 0.717) is 0 Å². The summed E-state index contributed by atoms with van der Waals surface area (Å²) < 4.78 is 4.53. The molecule has 1 N–H and O–H groups in total. The number of carbonyl (C=O) groups is 2. The Kier molecular flexibility index (Phi) is 5.15. The largest absolute Gasteiger partial charge is 0.467 e. The summed E-state index contributed by atoms with van der Waals surface area (Å²) in [6.07, 6.45) is 0. The molecule has 1 unspecified atom stereocenters. The Bertz CT molecular complexity index is 394. The number of hydrogen-bond donors (Lipinski definition) is 1. The molecule has 1 rings (SSSR count). The van der Waals surface area contributed by atoms with Gasteiger partial charge in [-0.15, -0.1) is 0 Å². The van der Waals surface area contributed by atoms with Crippen LogP contribution in [0.5, 0.6) is 0 Å². The molecule has 1 amide bonds. The van der Waals surface area contributed by atoms with Crippen molar-refractivity contribution < 1.29 is 14.3 Å². The number of carbonyl (C=O) groups excluding carboxylic acids is 2. The van der Waals surface area contributed by atoms with Crippen LogP contribution < -0.4 is 5.32 Å². The Labute approximate surface area is 108 Å². The SMILES string of the molecule is COC(=O)[C@H](C)NC(=O)C(Br)c1ccccc1. The van der Waals surface area contributed by atoms with Crippen LogP contribution >= 0.6 is 15.9 Å². The van der Waals surface area contributed by atoms with Crippen LogP contribution in [0.3, 0.4) is 0 Å². The van der Waals surface area contributed by atoms with Gasteiger partial charge in [0, 0.05) is 0 Å². The summed E-state index contributed by atoms with van der Waals surface area (Å²) in [6, 6.07) is 8.58. The Morgan fingerprint density at radius 2 is 1.88 bits per heavy atom. The molecule has 5 heteroatoms. The summed E-state index contributed by atoms with van der Waals surface area (Å²) in [5.74, 6) is -0.736. The molecule has 0 heterocycles. The molecular formula is C12H14BrNO3. The van der Waals surface area contributed by atoms with E-state index in [0.717, 1.165) is 5.56 Å². The molecule has 2 atom stereocenters. The first-order valence-corrected chi connectivity index (χ1v) is 6.05. The number of ether oxygens (including phenoxy) is 1. The molecule has 0 saturated carbocycles. The van der Waals surface area contributed by atoms with E-state index in [1.165, 1.54) is 7.11 Å². The van der Waals surface area contributed by atoms with Gasteiger partial charge >= 0.3 is 5.97 Å². The monoisotopic (exact) mass is 299 g/mol.